The van der Waals surface area contributed by atoms with Gasteiger partial charge in [0.2, 0.25) is 5.91 Å². The third-order valence-electron chi connectivity index (χ3n) is 4.89. The molecule has 3 amide bonds. The van der Waals surface area contributed by atoms with E-state index in [2.05, 4.69) is 10.7 Å². The topological polar surface area (TPSA) is 105 Å². The van der Waals surface area contributed by atoms with Crippen LogP contribution >= 0.6 is 23.2 Å². The lowest BCUT2D eigenvalue weighted by Gasteiger charge is -2.18. The van der Waals surface area contributed by atoms with Crippen LogP contribution in [0.2, 0.25) is 10.0 Å². The molecule has 3 rings (SSSR count). The van der Waals surface area contributed by atoms with Crippen LogP contribution in [0.25, 0.3) is 0 Å². The number of carbonyl (C=O) groups excluding carboxylic acids is 4. The van der Waals surface area contributed by atoms with Crippen molar-refractivity contribution >= 4 is 46.9 Å². The second-order valence-electron chi connectivity index (χ2n) is 7.28. The molecule has 0 aliphatic carbocycles. The van der Waals surface area contributed by atoms with E-state index in [0.717, 1.165) is 10.6 Å². The average molecular weight is 478 g/mol. The van der Waals surface area contributed by atoms with Crippen molar-refractivity contribution in [3.05, 3.63) is 69.7 Å². The summed E-state index contributed by atoms with van der Waals surface area (Å²) in [5, 5.41) is 4.28. The Morgan fingerprint density at radius 2 is 1.88 bits per heavy atom. The lowest BCUT2D eigenvalue weighted by molar-refractivity contribution is -0.152. The molecule has 0 radical (unpaired) electrons. The minimum Gasteiger partial charge on any atom is -0.455 e. The molecule has 8 nitrogen and oxygen atoms in total. The van der Waals surface area contributed by atoms with Crippen molar-refractivity contribution in [3.63, 3.8) is 0 Å². The fraction of sp³-hybridized carbons (Fsp3) is 0.273. The van der Waals surface area contributed by atoms with E-state index >= 15 is 0 Å². The maximum atomic E-state index is 12.4. The first-order valence-corrected chi connectivity index (χ1v) is 10.6. The number of carbonyl (C=O) groups is 4. The van der Waals surface area contributed by atoms with Crippen molar-refractivity contribution in [2.24, 2.45) is 5.92 Å². The summed E-state index contributed by atoms with van der Waals surface area (Å²) in [6.07, 6.45) is -0.143. The van der Waals surface area contributed by atoms with Gasteiger partial charge in [-0.1, -0.05) is 53.5 Å². The fourth-order valence-corrected chi connectivity index (χ4v) is 3.69. The summed E-state index contributed by atoms with van der Waals surface area (Å²) in [6.45, 7) is 1.28. The quantitative estimate of drug-likeness (QED) is 0.596. The van der Waals surface area contributed by atoms with E-state index in [0.29, 0.717) is 5.02 Å². The molecule has 0 unspecified atom stereocenters. The van der Waals surface area contributed by atoms with Crippen molar-refractivity contribution in [1.82, 2.24) is 15.8 Å². The van der Waals surface area contributed by atoms with Crippen molar-refractivity contribution in [2.45, 2.75) is 19.4 Å². The predicted molar refractivity (Wildman–Crippen MR) is 118 cm³/mol. The molecule has 2 atom stereocenters. The highest BCUT2D eigenvalue weighted by atomic mass is 35.5. The number of nitrogens with one attached hydrogen (secondary N) is 2. The van der Waals surface area contributed by atoms with Crippen LogP contribution in [0.15, 0.2) is 48.5 Å². The Balaban J connectivity index is 1.48. The molecule has 1 aliphatic rings. The summed E-state index contributed by atoms with van der Waals surface area (Å²) < 4.78 is 5.06. The molecule has 2 N–H and O–H groups in total. The zero-order chi connectivity index (χ0) is 23.3. The third-order valence-corrected chi connectivity index (χ3v) is 5.44. The SMILES string of the molecule is C[C@@H](NC(=O)COC(=O)[C@H]1CC(=O)N(NC(=O)c2ccc(Cl)cc2Cl)C1)c1ccccc1. The smallest absolute Gasteiger partial charge is 0.311 e. The summed E-state index contributed by atoms with van der Waals surface area (Å²) in [5.41, 5.74) is 3.48. The van der Waals surface area contributed by atoms with Gasteiger partial charge in [-0.3, -0.25) is 29.6 Å². The monoisotopic (exact) mass is 477 g/mol. The Hall–Kier alpha value is -3.10. The Bertz CT molecular complexity index is 1030. The predicted octanol–water partition coefficient (Wildman–Crippen LogP) is 2.91. The summed E-state index contributed by atoms with van der Waals surface area (Å²) in [5.74, 6) is -3.01. The van der Waals surface area contributed by atoms with Gasteiger partial charge in [-0.25, -0.2) is 0 Å². The Morgan fingerprint density at radius 1 is 1.16 bits per heavy atom. The zero-order valence-electron chi connectivity index (χ0n) is 17.1. The number of halogens is 2. The Labute approximate surface area is 194 Å². The molecule has 2 aromatic rings. The van der Waals surface area contributed by atoms with Gasteiger partial charge in [-0.15, -0.1) is 0 Å². The molecular formula is C22H21Cl2N3O5. The second-order valence-corrected chi connectivity index (χ2v) is 8.12. The lowest BCUT2D eigenvalue weighted by Crippen LogP contribution is -2.43. The molecule has 0 bridgehead atoms. The molecule has 0 spiro atoms. The van der Waals surface area contributed by atoms with Crippen molar-refractivity contribution in [1.29, 1.82) is 0 Å². The fourth-order valence-electron chi connectivity index (χ4n) is 3.19. The molecule has 10 heteroatoms. The van der Waals surface area contributed by atoms with Gasteiger partial charge in [0, 0.05) is 11.4 Å². The zero-order valence-corrected chi connectivity index (χ0v) is 18.7. The van der Waals surface area contributed by atoms with Gasteiger partial charge in [-0.2, -0.15) is 0 Å². The Morgan fingerprint density at radius 3 is 2.56 bits per heavy atom. The van der Waals surface area contributed by atoms with Gasteiger partial charge >= 0.3 is 5.97 Å². The van der Waals surface area contributed by atoms with E-state index in [4.69, 9.17) is 27.9 Å². The highest BCUT2D eigenvalue weighted by Crippen LogP contribution is 2.22. The molecule has 0 aromatic heterocycles. The molecule has 168 valence electrons. The van der Waals surface area contributed by atoms with E-state index < -0.39 is 36.2 Å². The summed E-state index contributed by atoms with van der Waals surface area (Å²) in [7, 11) is 0. The minimum absolute atomic E-state index is 0.0728. The third kappa shape index (κ3) is 5.99. The van der Waals surface area contributed by atoms with Gasteiger partial charge in [0.15, 0.2) is 6.61 Å². The normalized spacial score (nSPS) is 16.4. The Kier molecular flexibility index (Phi) is 7.71. The van der Waals surface area contributed by atoms with Crippen LogP contribution in [0.1, 0.15) is 35.3 Å². The highest BCUT2D eigenvalue weighted by Gasteiger charge is 2.37. The van der Waals surface area contributed by atoms with E-state index in [9.17, 15) is 19.2 Å². The van der Waals surface area contributed by atoms with Crippen LogP contribution in [0.4, 0.5) is 0 Å². The maximum absolute atomic E-state index is 12.4. The van der Waals surface area contributed by atoms with Crippen molar-refractivity contribution in [2.75, 3.05) is 13.2 Å². The molecular weight excluding hydrogens is 457 g/mol. The molecule has 0 saturated carbocycles. The molecule has 32 heavy (non-hydrogen) atoms. The first-order valence-electron chi connectivity index (χ1n) is 9.82. The number of esters is 1. The van der Waals surface area contributed by atoms with Crippen LogP contribution in [0.3, 0.4) is 0 Å². The van der Waals surface area contributed by atoms with Crippen molar-refractivity contribution in [3.8, 4) is 0 Å². The number of ether oxygens (including phenoxy) is 1. The summed E-state index contributed by atoms with van der Waals surface area (Å²) >= 11 is 11.8. The first kappa shape index (κ1) is 23.6. The summed E-state index contributed by atoms with van der Waals surface area (Å²) in [6, 6.07) is 13.4. The van der Waals surface area contributed by atoms with Gasteiger partial charge in [-0.05, 0) is 30.7 Å². The maximum Gasteiger partial charge on any atom is 0.311 e. The van der Waals surface area contributed by atoms with Gasteiger partial charge < -0.3 is 10.1 Å². The average Bonchev–Trinajstić information content (AvgIpc) is 3.12. The molecule has 1 aliphatic heterocycles. The van der Waals surface area contributed by atoms with E-state index in [1.54, 1.807) is 0 Å². The second kappa shape index (κ2) is 10.5. The molecule has 1 heterocycles. The number of hydrazine groups is 1. The van der Waals surface area contributed by atoms with E-state index in [1.165, 1.54) is 18.2 Å². The molecule has 1 saturated heterocycles. The number of hydrogen-bond donors (Lipinski definition) is 2. The summed E-state index contributed by atoms with van der Waals surface area (Å²) in [4.78, 5) is 49.0. The van der Waals surface area contributed by atoms with Crippen LogP contribution in [0, 0.1) is 5.92 Å². The number of hydrogen-bond acceptors (Lipinski definition) is 5. The van der Waals surface area contributed by atoms with Crippen molar-refractivity contribution < 1.29 is 23.9 Å². The number of nitrogens with zero attached hydrogens (tertiary/aromatic N) is 1. The van der Waals surface area contributed by atoms with Crippen LogP contribution in [0.5, 0.6) is 0 Å². The van der Waals surface area contributed by atoms with Crippen LogP contribution in [-0.2, 0) is 19.1 Å². The van der Waals surface area contributed by atoms with Gasteiger partial charge in [0.05, 0.1) is 29.1 Å². The first-order chi connectivity index (χ1) is 15.2. The number of rotatable bonds is 7. The highest BCUT2D eigenvalue weighted by molar-refractivity contribution is 6.36. The number of amides is 3. The van der Waals surface area contributed by atoms with Gasteiger partial charge in [0.1, 0.15) is 0 Å². The van der Waals surface area contributed by atoms with E-state index in [-0.39, 0.29) is 29.6 Å². The van der Waals surface area contributed by atoms with Gasteiger partial charge in [0.25, 0.3) is 11.8 Å². The van der Waals surface area contributed by atoms with Crippen LogP contribution < -0.4 is 10.7 Å². The number of benzene rings is 2. The van der Waals surface area contributed by atoms with E-state index in [1.807, 2.05) is 37.3 Å². The lowest BCUT2D eigenvalue weighted by atomic mass is 10.1. The van der Waals surface area contributed by atoms with Crippen LogP contribution in [-0.4, -0.2) is 41.9 Å². The molecule has 2 aromatic carbocycles. The minimum atomic E-state index is -0.803. The molecule has 1 fully saturated rings. The largest absolute Gasteiger partial charge is 0.455 e. The standard InChI is InChI=1S/C22H21Cl2N3O5/c1-13(14-5-3-2-4-6-14)25-19(28)12-32-22(31)15-9-20(29)27(11-15)26-21(30)17-8-7-16(23)10-18(17)24/h2-8,10,13,15H,9,11-12H2,1H3,(H,25,28)(H,26,30)/t13-,15+/m1/s1.